The van der Waals surface area contributed by atoms with E-state index in [0.717, 1.165) is 6.42 Å². The van der Waals surface area contributed by atoms with E-state index in [1.807, 2.05) is 0 Å². The second-order valence-corrected chi connectivity index (χ2v) is 3.35. The Labute approximate surface area is 73.3 Å². The van der Waals surface area contributed by atoms with E-state index in [9.17, 15) is 0 Å². The van der Waals surface area contributed by atoms with Gasteiger partial charge in [0.1, 0.15) is 0 Å². The fraction of sp³-hybridized carbons (Fsp3) is 0.900. The van der Waals surface area contributed by atoms with Crippen LogP contribution in [0.5, 0.6) is 0 Å². The third kappa shape index (κ3) is 10.2. The molecule has 0 saturated heterocycles. The van der Waals surface area contributed by atoms with Gasteiger partial charge in [-0.3, -0.25) is 0 Å². The van der Waals surface area contributed by atoms with E-state index < -0.39 is 0 Å². The molecule has 0 fully saturated rings. The van der Waals surface area contributed by atoms with Crippen molar-refractivity contribution in [2.75, 3.05) is 0 Å². The van der Waals surface area contributed by atoms with Gasteiger partial charge in [0.05, 0.1) is 0 Å². The Kier molecular flexibility index (Phi) is 10.4. The van der Waals surface area contributed by atoms with Crippen LogP contribution in [-0.4, -0.2) is 0 Å². The first kappa shape index (κ1) is 11.2. The van der Waals surface area contributed by atoms with Crippen molar-refractivity contribution in [2.45, 2.75) is 58.3 Å². The van der Waals surface area contributed by atoms with Crippen molar-refractivity contribution in [1.29, 1.82) is 0 Å². The van der Waals surface area contributed by atoms with Crippen LogP contribution < -0.4 is 0 Å². The summed E-state index contributed by atoms with van der Waals surface area (Å²) in [5.74, 6) is 0. The molecule has 0 aromatic carbocycles. The fourth-order valence-electron chi connectivity index (χ4n) is 1.16. The van der Waals surface area contributed by atoms with Crippen LogP contribution in [-0.2, 0) is 0 Å². The number of rotatable bonds is 7. The molecule has 0 nitrogen and oxygen atoms in total. The molecule has 0 amide bonds. The molecule has 0 aromatic heterocycles. The first-order chi connectivity index (χ1) is 5.41. The monoisotopic (exact) mass is 170 g/mol. The van der Waals surface area contributed by atoms with E-state index in [1.165, 1.54) is 44.9 Å². The topological polar surface area (TPSA) is 0 Å². The van der Waals surface area contributed by atoms with E-state index in [-0.39, 0.29) is 0 Å². The first-order valence-corrected chi connectivity index (χ1v) is 5.23. The average molecular weight is 170 g/mol. The van der Waals surface area contributed by atoms with Crippen LogP contribution in [0.25, 0.3) is 0 Å². The van der Waals surface area contributed by atoms with Crippen LogP contribution in [0.15, 0.2) is 0 Å². The number of hydrogen-bond acceptors (Lipinski definition) is 0. The molecular formula is C10H19P. The molecule has 0 aliphatic carbocycles. The zero-order chi connectivity index (χ0) is 8.36. The summed E-state index contributed by atoms with van der Waals surface area (Å²) in [4.78, 5) is 0. The Bertz CT molecular complexity index is 102. The molecule has 0 atom stereocenters. The van der Waals surface area contributed by atoms with Crippen molar-refractivity contribution in [1.82, 2.24) is 0 Å². The molecule has 0 bridgehead atoms. The van der Waals surface area contributed by atoms with Crippen molar-refractivity contribution in [3.63, 3.8) is 0 Å². The molecule has 0 aromatic rings. The Hall–Kier alpha value is 0.210. The SMILES string of the molecule is CCCCCCCCCC#P. The normalized spacial score (nSPS) is 9.45. The Morgan fingerprint density at radius 2 is 1.45 bits per heavy atom. The molecule has 0 aliphatic heterocycles. The summed E-state index contributed by atoms with van der Waals surface area (Å²) in [6, 6.07) is 0. The summed E-state index contributed by atoms with van der Waals surface area (Å²) in [5.41, 5.74) is 2.86. The van der Waals surface area contributed by atoms with Crippen molar-refractivity contribution in [3.8, 4) is 5.63 Å². The molecule has 0 rings (SSSR count). The van der Waals surface area contributed by atoms with Gasteiger partial charge in [-0.2, -0.15) is 0 Å². The van der Waals surface area contributed by atoms with Crippen molar-refractivity contribution >= 4 is 8.70 Å². The second kappa shape index (κ2) is 10.2. The zero-order valence-corrected chi connectivity index (χ0v) is 8.50. The average Bonchev–Trinajstić information content (AvgIpc) is 2.03. The first-order valence-electron chi connectivity index (χ1n) is 4.78. The summed E-state index contributed by atoms with van der Waals surface area (Å²) in [6.45, 7) is 2.25. The zero-order valence-electron chi connectivity index (χ0n) is 7.60. The molecule has 11 heavy (non-hydrogen) atoms. The van der Waals surface area contributed by atoms with Crippen LogP contribution in [0.4, 0.5) is 0 Å². The van der Waals surface area contributed by atoms with Gasteiger partial charge in [0.25, 0.3) is 0 Å². The predicted octanol–water partition coefficient (Wildman–Crippen LogP) is 4.50. The van der Waals surface area contributed by atoms with Gasteiger partial charge in [0.15, 0.2) is 0 Å². The van der Waals surface area contributed by atoms with Gasteiger partial charge < -0.3 is 0 Å². The minimum absolute atomic E-state index is 1.05. The van der Waals surface area contributed by atoms with Crippen molar-refractivity contribution < 1.29 is 0 Å². The predicted molar refractivity (Wildman–Crippen MR) is 53.4 cm³/mol. The van der Waals surface area contributed by atoms with E-state index in [1.54, 1.807) is 0 Å². The Balaban J connectivity index is 2.75. The maximum absolute atomic E-state index is 3.93. The van der Waals surface area contributed by atoms with Crippen LogP contribution in [0.1, 0.15) is 58.3 Å². The van der Waals surface area contributed by atoms with Gasteiger partial charge in [-0.05, 0) is 0 Å². The van der Waals surface area contributed by atoms with Crippen LogP contribution in [0, 0.1) is 5.63 Å². The summed E-state index contributed by atoms with van der Waals surface area (Å²) in [6.07, 6.45) is 10.7. The number of unbranched alkanes of at least 4 members (excludes halogenated alkanes) is 7. The molecular weight excluding hydrogens is 151 g/mol. The second-order valence-electron chi connectivity index (χ2n) is 3.03. The van der Waals surface area contributed by atoms with E-state index in [4.69, 9.17) is 0 Å². The number of hydrogen-bond donors (Lipinski definition) is 0. The minimum atomic E-state index is 1.05. The fourth-order valence-corrected chi connectivity index (χ4v) is 1.32. The van der Waals surface area contributed by atoms with E-state index >= 15 is 0 Å². The van der Waals surface area contributed by atoms with Gasteiger partial charge in [0, 0.05) is 0 Å². The Morgan fingerprint density at radius 3 is 2.00 bits per heavy atom. The molecule has 1 heteroatoms. The molecule has 0 heterocycles. The molecule has 0 N–H and O–H groups in total. The summed E-state index contributed by atoms with van der Waals surface area (Å²) in [7, 11) is 3.93. The van der Waals surface area contributed by atoms with Gasteiger partial charge in [-0.1, -0.05) is 0 Å². The van der Waals surface area contributed by atoms with Crippen molar-refractivity contribution in [3.05, 3.63) is 0 Å². The Morgan fingerprint density at radius 1 is 0.909 bits per heavy atom. The molecule has 64 valence electrons. The summed E-state index contributed by atoms with van der Waals surface area (Å²) in [5, 5.41) is 0. The van der Waals surface area contributed by atoms with Crippen molar-refractivity contribution in [2.24, 2.45) is 0 Å². The third-order valence-corrected chi connectivity index (χ3v) is 2.12. The van der Waals surface area contributed by atoms with Gasteiger partial charge in [0.2, 0.25) is 0 Å². The molecule has 0 spiro atoms. The van der Waals surface area contributed by atoms with Crippen LogP contribution in [0.2, 0.25) is 0 Å². The summed E-state index contributed by atoms with van der Waals surface area (Å²) >= 11 is 0. The standard InChI is InChI=1S/C10H19P/c1-2-3-4-5-6-7-8-9-10-11/h2-9H2,1H3. The summed E-state index contributed by atoms with van der Waals surface area (Å²) < 4.78 is 0. The molecule has 0 unspecified atom stereocenters. The maximum atomic E-state index is 3.93. The quantitative estimate of drug-likeness (QED) is 0.390. The van der Waals surface area contributed by atoms with E-state index in [0.29, 0.717) is 0 Å². The van der Waals surface area contributed by atoms with Gasteiger partial charge >= 0.3 is 72.6 Å². The molecule has 0 saturated carbocycles. The molecule has 0 aliphatic rings. The van der Waals surface area contributed by atoms with Gasteiger partial charge in [-0.15, -0.1) is 0 Å². The van der Waals surface area contributed by atoms with Crippen LogP contribution in [0.3, 0.4) is 0 Å². The van der Waals surface area contributed by atoms with Crippen LogP contribution >= 0.6 is 8.70 Å². The third-order valence-electron chi connectivity index (χ3n) is 1.89. The van der Waals surface area contributed by atoms with E-state index in [2.05, 4.69) is 21.2 Å². The molecule has 0 radical (unpaired) electrons. The van der Waals surface area contributed by atoms with Gasteiger partial charge in [-0.25, -0.2) is 0 Å².